The molecule has 160 valence electrons. The van der Waals surface area contributed by atoms with Gasteiger partial charge in [0.2, 0.25) is 15.9 Å². The number of piperazine rings is 1. The number of rotatable bonds is 4. The number of fused-ring (bicyclic) bond motifs is 1. The average molecular weight is 439 g/mol. The summed E-state index contributed by atoms with van der Waals surface area (Å²) in [6, 6.07) is 18.9. The van der Waals surface area contributed by atoms with Gasteiger partial charge < -0.3 is 9.64 Å². The van der Waals surface area contributed by atoms with Gasteiger partial charge >= 0.3 is 5.97 Å². The van der Waals surface area contributed by atoms with Crippen LogP contribution in [0.15, 0.2) is 71.6 Å². The zero-order chi connectivity index (χ0) is 22.0. The van der Waals surface area contributed by atoms with Crippen molar-refractivity contribution in [1.29, 1.82) is 0 Å². The van der Waals surface area contributed by atoms with Crippen LogP contribution in [0.1, 0.15) is 17.3 Å². The molecule has 7 nitrogen and oxygen atoms in total. The lowest BCUT2D eigenvalue weighted by Gasteiger charge is -2.33. The van der Waals surface area contributed by atoms with Gasteiger partial charge in [-0.2, -0.15) is 4.31 Å². The molecule has 0 bridgehead atoms. The summed E-state index contributed by atoms with van der Waals surface area (Å²) in [7, 11) is -3.78. The number of sulfonamides is 1. The number of esters is 1. The van der Waals surface area contributed by atoms with Crippen LogP contribution in [-0.2, 0) is 14.8 Å². The van der Waals surface area contributed by atoms with Crippen molar-refractivity contribution in [2.45, 2.75) is 11.8 Å². The van der Waals surface area contributed by atoms with E-state index in [9.17, 15) is 18.0 Å². The standard InChI is InChI=1S/C23H22N2O5S/c1-17(26)24-11-13-25(14-12-24)31(28,29)22-8-4-7-20(16-22)23(27)30-21-10-9-18-5-2-3-6-19(18)15-21/h2-10,15-16H,11-14H2,1H3. The molecule has 8 heteroatoms. The van der Waals surface area contributed by atoms with E-state index in [1.165, 1.54) is 35.5 Å². The van der Waals surface area contributed by atoms with Gasteiger partial charge in [-0.05, 0) is 41.1 Å². The second kappa shape index (κ2) is 8.49. The maximum absolute atomic E-state index is 13.0. The third-order valence-corrected chi connectivity index (χ3v) is 7.22. The number of amides is 1. The molecule has 1 saturated heterocycles. The van der Waals surface area contributed by atoms with Crippen LogP contribution in [-0.4, -0.2) is 55.7 Å². The third kappa shape index (κ3) is 4.45. The van der Waals surface area contributed by atoms with Crippen LogP contribution in [0.3, 0.4) is 0 Å². The van der Waals surface area contributed by atoms with Gasteiger partial charge in [-0.1, -0.05) is 36.4 Å². The molecule has 1 fully saturated rings. The summed E-state index contributed by atoms with van der Waals surface area (Å²) in [5.41, 5.74) is 0.150. The summed E-state index contributed by atoms with van der Waals surface area (Å²) in [5.74, 6) is -0.318. The molecule has 0 aromatic heterocycles. The van der Waals surface area contributed by atoms with Crippen molar-refractivity contribution in [3.63, 3.8) is 0 Å². The molecule has 1 amide bonds. The number of nitrogens with zero attached hydrogens (tertiary/aromatic N) is 2. The maximum Gasteiger partial charge on any atom is 0.343 e. The number of carbonyl (C=O) groups excluding carboxylic acids is 2. The highest BCUT2D eigenvalue weighted by Crippen LogP contribution is 2.23. The number of carbonyl (C=O) groups is 2. The van der Waals surface area contributed by atoms with Crippen LogP contribution >= 0.6 is 0 Å². The van der Waals surface area contributed by atoms with E-state index in [2.05, 4.69) is 0 Å². The number of benzene rings is 3. The second-order valence-corrected chi connectivity index (χ2v) is 9.27. The number of hydrogen-bond donors (Lipinski definition) is 0. The molecule has 1 aliphatic rings. The first-order valence-corrected chi connectivity index (χ1v) is 11.4. The minimum Gasteiger partial charge on any atom is -0.423 e. The Morgan fingerprint density at radius 1 is 0.839 bits per heavy atom. The normalized spacial score (nSPS) is 15.1. The first kappa shape index (κ1) is 21.0. The molecule has 1 aliphatic heterocycles. The summed E-state index contributed by atoms with van der Waals surface area (Å²) in [4.78, 5) is 25.8. The molecule has 0 atom stereocenters. The fourth-order valence-corrected chi connectivity index (χ4v) is 5.04. The minimum absolute atomic E-state index is 0.0248. The smallest absolute Gasteiger partial charge is 0.343 e. The quantitative estimate of drug-likeness (QED) is 0.462. The first-order chi connectivity index (χ1) is 14.8. The lowest BCUT2D eigenvalue weighted by Crippen LogP contribution is -2.49. The van der Waals surface area contributed by atoms with Crippen molar-refractivity contribution in [2.75, 3.05) is 26.2 Å². The van der Waals surface area contributed by atoms with E-state index >= 15 is 0 Å². The fourth-order valence-electron chi connectivity index (χ4n) is 3.57. The third-order valence-electron chi connectivity index (χ3n) is 5.32. The lowest BCUT2D eigenvalue weighted by molar-refractivity contribution is -0.129. The molecular formula is C23H22N2O5S. The fraction of sp³-hybridized carbons (Fsp3) is 0.217. The summed E-state index contributed by atoms with van der Waals surface area (Å²) in [5, 5.41) is 1.97. The Bertz CT molecular complexity index is 1250. The van der Waals surface area contributed by atoms with Crippen molar-refractivity contribution in [2.24, 2.45) is 0 Å². The molecule has 3 aromatic carbocycles. The van der Waals surface area contributed by atoms with Gasteiger partial charge in [0.1, 0.15) is 5.75 Å². The predicted octanol–water partition coefficient (Wildman–Crippen LogP) is 2.91. The van der Waals surface area contributed by atoms with Crippen LogP contribution < -0.4 is 4.74 Å². The van der Waals surface area contributed by atoms with E-state index < -0.39 is 16.0 Å². The summed E-state index contributed by atoms with van der Waals surface area (Å²) >= 11 is 0. The van der Waals surface area contributed by atoms with Crippen LogP contribution in [0.25, 0.3) is 10.8 Å². The molecule has 0 saturated carbocycles. The Labute approximate surface area is 180 Å². The molecule has 0 unspecified atom stereocenters. The highest BCUT2D eigenvalue weighted by atomic mass is 32.2. The van der Waals surface area contributed by atoms with Crippen LogP contribution in [0.5, 0.6) is 5.75 Å². The van der Waals surface area contributed by atoms with Gasteiger partial charge in [0.05, 0.1) is 10.5 Å². The van der Waals surface area contributed by atoms with Crippen LogP contribution in [0, 0.1) is 0 Å². The van der Waals surface area contributed by atoms with Crippen molar-refractivity contribution in [3.8, 4) is 5.75 Å². The topological polar surface area (TPSA) is 84.0 Å². The highest BCUT2D eigenvalue weighted by Gasteiger charge is 2.29. The van der Waals surface area contributed by atoms with Crippen molar-refractivity contribution in [1.82, 2.24) is 9.21 Å². The van der Waals surface area contributed by atoms with Crippen LogP contribution in [0.2, 0.25) is 0 Å². The average Bonchev–Trinajstić information content (AvgIpc) is 2.79. The Hall–Kier alpha value is -3.23. The van der Waals surface area contributed by atoms with E-state index in [0.29, 0.717) is 18.8 Å². The zero-order valence-electron chi connectivity index (χ0n) is 17.0. The first-order valence-electron chi connectivity index (χ1n) is 9.91. The number of ether oxygens (including phenoxy) is 1. The largest absolute Gasteiger partial charge is 0.423 e. The van der Waals surface area contributed by atoms with E-state index in [4.69, 9.17) is 4.74 Å². The van der Waals surface area contributed by atoms with E-state index in [0.717, 1.165) is 10.8 Å². The lowest BCUT2D eigenvalue weighted by atomic mass is 10.1. The van der Waals surface area contributed by atoms with E-state index in [1.54, 1.807) is 17.0 Å². The van der Waals surface area contributed by atoms with Gasteiger partial charge in [0.15, 0.2) is 0 Å². The molecule has 0 radical (unpaired) electrons. The van der Waals surface area contributed by atoms with E-state index in [1.807, 2.05) is 30.3 Å². The van der Waals surface area contributed by atoms with Crippen LogP contribution in [0.4, 0.5) is 0 Å². The number of hydrogen-bond acceptors (Lipinski definition) is 5. The SMILES string of the molecule is CC(=O)N1CCN(S(=O)(=O)c2cccc(C(=O)Oc3ccc4ccccc4c3)c2)CC1. The van der Waals surface area contributed by atoms with Crippen molar-refractivity contribution >= 4 is 32.7 Å². The predicted molar refractivity (Wildman–Crippen MR) is 116 cm³/mol. The monoisotopic (exact) mass is 438 g/mol. The summed E-state index contributed by atoms with van der Waals surface area (Å²) in [6.07, 6.45) is 0. The molecule has 0 aliphatic carbocycles. The molecular weight excluding hydrogens is 416 g/mol. The molecule has 0 spiro atoms. The highest BCUT2D eigenvalue weighted by molar-refractivity contribution is 7.89. The molecule has 3 aromatic rings. The van der Waals surface area contributed by atoms with Gasteiger partial charge in [-0.3, -0.25) is 4.79 Å². The Morgan fingerprint density at radius 2 is 1.55 bits per heavy atom. The Morgan fingerprint density at radius 3 is 2.26 bits per heavy atom. The van der Waals surface area contributed by atoms with Crippen molar-refractivity contribution in [3.05, 3.63) is 72.3 Å². The molecule has 31 heavy (non-hydrogen) atoms. The molecule has 1 heterocycles. The van der Waals surface area contributed by atoms with Gasteiger partial charge in [0, 0.05) is 33.1 Å². The van der Waals surface area contributed by atoms with Crippen molar-refractivity contribution < 1.29 is 22.7 Å². The summed E-state index contributed by atoms with van der Waals surface area (Å²) < 4.78 is 32.8. The minimum atomic E-state index is -3.78. The van der Waals surface area contributed by atoms with Gasteiger partial charge in [0.25, 0.3) is 0 Å². The van der Waals surface area contributed by atoms with Gasteiger partial charge in [-0.25, -0.2) is 13.2 Å². The Balaban J connectivity index is 1.51. The Kier molecular flexibility index (Phi) is 5.75. The van der Waals surface area contributed by atoms with Gasteiger partial charge in [-0.15, -0.1) is 0 Å². The zero-order valence-corrected chi connectivity index (χ0v) is 17.8. The maximum atomic E-state index is 13.0. The van der Waals surface area contributed by atoms with E-state index in [-0.39, 0.29) is 29.5 Å². The molecule has 0 N–H and O–H groups in total. The second-order valence-electron chi connectivity index (χ2n) is 7.34. The molecule has 4 rings (SSSR count). The summed E-state index contributed by atoms with van der Waals surface area (Å²) in [6.45, 7) is 2.59.